The van der Waals surface area contributed by atoms with Crippen LogP contribution in [0.25, 0.3) is 0 Å². The Labute approximate surface area is 50.1 Å². The van der Waals surface area contributed by atoms with Gasteiger partial charge in [0.15, 0.2) is 0 Å². The van der Waals surface area contributed by atoms with Gasteiger partial charge in [0.2, 0.25) is 0 Å². The summed E-state index contributed by atoms with van der Waals surface area (Å²) >= 11 is 2.94. The maximum absolute atomic E-state index is 9.12. The second-order valence-corrected chi connectivity index (χ2v) is 0.552. The fourth-order valence-corrected chi connectivity index (χ4v) is 0. The normalized spacial score (nSPS) is 6.14. The van der Waals surface area contributed by atoms with Gasteiger partial charge in [-0.15, -0.1) is 0 Å². The summed E-state index contributed by atoms with van der Waals surface area (Å²) in [4.78, 5) is 9.12. The molecule has 0 bridgehead atoms. The first-order valence-corrected chi connectivity index (χ1v) is 3.06. The number of aliphatic hydroxyl groups excluding tert-OH is 1. The van der Waals surface area contributed by atoms with Crippen molar-refractivity contribution < 1.29 is 15.0 Å². The average Bonchev–Trinajstić information content (AvgIpc) is 1.73. The minimum Gasteiger partial charge on any atom is -0.480 e. The van der Waals surface area contributed by atoms with E-state index in [1.165, 1.54) is 0 Å². The van der Waals surface area contributed by atoms with Gasteiger partial charge in [-0.3, -0.25) is 0 Å². The topological polar surface area (TPSA) is 57.5 Å². The monoisotopic (exact) mass is 170 g/mol. The highest BCUT2D eigenvalue weighted by Gasteiger charge is 1.82. The Morgan fingerprint density at radius 1 is 1.71 bits per heavy atom. The van der Waals surface area contributed by atoms with Gasteiger partial charge in [0.05, 0.1) is 0 Å². The van der Waals surface area contributed by atoms with Gasteiger partial charge >= 0.3 is 5.97 Å². The van der Waals surface area contributed by atoms with Crippen LogP contribution in [0.3, 0.4) is 0 Å². The maximum atomic E-state index is 9.12. The summed E-state index contributed by atoms with van der Waals surface area (Å²) in [6, 6.07) is 0. The molecule has 0 aliphatic rings. The number of alkyl halides is 1. The summed E-state index contributed by atoms with van der Waals surface area (Å²) in [6.45, 7) is -0.778. The van der Waals surface area contributed by atoms with Crippen LogP contribution in [0.15, 0.2) is 0 Å². The Balaban J connectivity index is 0. The van der Waals surface area contributed by atoms with Crippen molar-refractivity contribution in [3.8, 4) is 0 Å². The SMILES string of the molecule is CBr.O=C(O)CO. The van der Waals surface area contributed by atoms with Crippen molar-refractivity contribution in [1.29, 1.82) is 0 Å². The van der Waals surface area contributed by atoms with Crippen LogP contribution >= 0.6 is 15.9 Å². The molecule has 0 aromatic carbocycles. The number of aliphatic carboxylic acids is 1. The van der Waals surface area contributed by atoms with E-state index in [0.717, 1.165) is 0 Å². The number of hydrogen-bond acceptors (Lipinski definition) is 2. The third-order valence-corrected chi connectivity index (χ3v) is 0.135. The highest BCUT2D eigenvalue weighted by Crippen LogP contribution is 1.48. The first kappa shape index (κ1) is 10.0. The molecule has 0 aromatic rings. The average molecular weight is 171 g/mol. The highest BCUT2D eigenvalue weighted by molar-refractivity contribution is 9.08. The van der Waals surface area contributed by atoms with Gasteiger partial charge in [-0.1, -0.05) is 15.9 Å². The van der Waals surface area contributed by atoms with Crippen LogP contribution in [-0.2, 0) is 4.79 Å². The van der Waals surface area contributed by atoms with E-state index in [1.54, 1.807) is 0 Å². The molecule has 0 aromatic heterocycles. The Morgan fingerprint density at radius 2 is 1.86 bits per heavy atom. The van der Waals surface area contributed by atoms with Crippen molar-refractivity contribution >= 4 is 21.9 Å². The fraction of sp³-hybridized carbons (Fsp3) is 0.667. The predicted molar refractivity (Wildman–Crippen MR) is 29.6 cm³/mol. The molecular formula is C3H7BrO3. The molecule has 0 fully saturated rings. The van der Waals surface area contributed by atoms with Crippen LogP contribution in [0.1, 0.15) is 0 Å². The molecule has 44 valence electrons. The lowest BCUT2D eigenvalue weighted by Crippen LogP contribution is -1.98. The summed E-state index contributed by atoms with van der Waals surface area (Å²) in [7, 11) is 0. The Kier molecular flexibility index (Phi) is 13.3. The van der Waals surface area contributed by atoms with E-state index in [-0.39, 0.29) is 0 Å². The number of aliphatic hydroxyl groups is 1. The lowest BCUT2D eigenvalue weighted by molar-refractivity contribution is -0.140. The zero-order valence-electron chi connectivity index (χ0n) is 3.89. The standard InChI is InChI=1S/C2H4O3.CH3Br/c3-1-2(4)5;1-2/h3H,1H2,(H,4,5);1H3. The van der Waals surface area contributed by atoms with Crippen molar-refractivity contribution in [3.05, 3.63) is 0 Å². The highest BCUT2D eigenvalue weighted by atomic mass is 79.9. The molecule has 0 saturated heterocycles. The minimum atomic E-state index is -1.19. The molecule has 3 nitrogen and oxygen atoms in total. The zero-order chi connectivity index (χ0) is 6.28. The number of halogens is 1. The van der Waals surface area contributed by atoms with Gasteiger partial charge in [-0.2, -0.15) is 0 Å². The molecule has 0 atom stereocenters. The van der Waals surface area contributed by atoms with Crippen molar-refractivity contribution in [2.75, 3.05) is 12.4 Å². The second-order valence-electron chi connectivity index (χ2n) is 0.552. The molecule has 7 heavy (non-hydrogen) atoms. The Bertz CT molecular complexity index is 45.4. The number of carboxylic acid groups (broad SMARTS) is 1. The van der Waals surface area contributed by atoms with E-state index in [4.69, 9.17) is 15.0 Å². The summed E-state index contributed by atoms with van der Waals surface area (Å²) in [5, 5.41) is 15.0. The van der Waals surface area contributed by atoms with Crippen LogP contribution in [0.2, 0.25) is 0 Å². The van der Waals surface area contributed by atoms with Crippen molar-refractivity contribution in [3.63, 3.8) is 0 Å². The molecular weight excluding hydrogens is 164 g/mol. The molecule has 0 rings (SSSR count). The fourth-order valence-electron chi connectivity index (χ4n) is 0. The zero-order valence-corrected chi connectivity index (χ0v) is 5.47. The molecule has 0 amide bonds. The van der Waals surface area contributed by atoms with Crippen molar-refractivity contribution in [1.82, 2.24) is 0 Å². The van der Waals surface area contributed by atoms with E-state index in [0.29, 0.717) is 0 Å². The summed E-state index contributed by atoms with van der Waals surface area (Å²) in [5.41, 5.74) is 0. The largest absolute Gasteiger partial charge is 0.480 e. The number of carbonyl (C=O) groups is 1. The molecule has 0 radical (unpaired) electrons. The van der Waals surface area contributed by atoms with Crippen molar-refractivity contribution in [2.45, 2.75) is 0 Å². The maximum Gasteiger partial charge on any atom is 0.329 e. The van der Waals surface area contributed by atoms with Gasteiger partial charge in [-0.05, 0) is 5.83 Å². The number of hydrogen-bond donors (Lipinski definition) is 2. The molecule has 0 aliphatic carbocycles. The first-order valence-electron chi connectivity index (χ1n) is 1.48. The first-order chi connectivity index (χ1) is 3.27. The third kappa shape index (κ3) is 24.8. The third-order valence-electron chi connectivity index (χ3n) is 0.135. The van der Waals surface area contributed by atoms with Gasteiger partial charge in [0, 0.05) is 0 Å². The van der Waals surface area contributed by atoms with E-state index in [1.807, 2.05) is 5.83 Å². The molecule has 0 unspecified atom stereocenters. The van der Waals surface area contributed by atoms with Crippen LogP contribution in [0.5, 0.6) is 0 Å². The molecule has 0 heterocycles. The quantitative estimate of drug-likeness (QED) is 0.549. The summed E-state index contributed by atoms with van der Waals surface area (Å²) in [6.07, 6.45) is 0. The van der Waals surface area contributed by atoms with Gasteiger partial charge in [-0.25, -0.2) is 4.79 Å². The lowest BCUT2D eigenvalue weighted by Gasteiger charge is -1.72. The molecule has 0 aliphatic heterocycles. The molecule has 4 heteroatoms. The second kappa shape index (κ2) is 9.32. The van der Waals surface area contributed by atoms with Gasteiger partial charge < -0.3 is 10.2 Å². The van der Waals surface area contributed by atoms with Crippen molar-refractivity contribution in [2.24, 2.45) is 0 Å². The summed E-state index contributed by atoms with van der Waals surface area (Å²) < 4.78 is 0. The molecule has 2 N–H and O–H groups in total. The molecule has 0 spiro atoms. The van der Waals surface area contributed by atoms with E-state index >= 15 is 0 Å². The van der Waals surface area contributed by atoms with Gasteiger partial charge in [0.25, 0.3) is 0 Å². The van der Waals surface area contributed by atoms with Crippen LogP contribution in [0, 0.1) is 0 Å². The Hall–Kier alpha value is -0.0900. The van der Waals surface area contributed by atoms with Crippen LogP contribution in [0.4, 0.5) is 0 Å². The minimum absolute atomic E-state index is 0.778. The summed E-state index contributed by atoms with van der Waals surface area (Å²) in [5.74, 6) is 0.623. The molecule has 0 saturated carbocycles. The number of rotatable bonds is 1. The number of carboxylic acids is 1. The van der Waals surface area contributed by atoms with E-state index < -0.39 is 12.6 Å². The van der Waals surface area contributed by atoms with Crippen LogP contribution in [-0.4, -0.2) is 28.6 Å². The smallest absolute Gasteiger partial charge is 0.329 e. The van der Waals surface area contributed by atoms with Gasteiger partial charge in [0.1, 0.15) is 6.61 Å². The lowest BCUT2D eigenvalue weighted by atomic mass is 10.8. The van der Waals surface area contributed by atoms with Crippen LogP contribution < -0.4 is 0 Å². The van der Waals surface area contributed by atoms with E-state index in [2.05, 4.69) is 15.9 Å². The Morgan fingerprint density at radius 3 is 1.86 bits per heavy atom. The predicted octanol–water partition coefficient (Wildman–Crippen LogP) is 0.0744. The van der Waals surface area contributed by atoms with E-state index in [9.17, 15) is 0 Å².